The van der Waals surface area contributed by atoms with E-state index >= 15 is 0 Å². The standard InChI is InChI=1S/C25H27F3O/c1-3-5-15-7-9-16(10-8-15)20-14-19-13-18-12-11-17(6-4-2)21(26)24(18)29-25(19)23(28)22(20)27/h7,11-12,14,16H,3-6,8-10,13H2,1-2H3. The van der Waals surface area contributed by atoms with Crippen LogP contribution < -0.4 is 4.74 Å². The van der Waals surface area contributed by atoms with E-state index in [1.54, 1.807) is 12.1 Å². The van der Waals surface area contributed by atoms with Crippen LogP contribution in [0.5, 0.6) is 11.5 Å². The average Bonchev–Trinajstić information content (AvgIpc) is 2.73. The summed E-state index contributed by atoms with van der Waals surface area (Å²) in [4.78, 5) is 0. The van der Waals surface area contributed by atoms with E-state index in [0.717, 1.165) is 38.5 Å². The fourth-order valence-electron chi connectivity index (χ4n) is 4.60. The van der Waals surface area contributed by atoms with Gasteiger partial charge in [0, 0.05) is 17.5 Å². The predicted octanol–water partition coefficient (Wildman–Crippen LogP) is 7.75. The van der Waals surface area contributed by atoms with Gasteiger partial charge in [0.05, 0.1) is 0 Å². The van der Waals surface area contributed by atoms with Crippen LogP contribution in [0.25, 0.3) is 0 Å². The van der Waals surface area contributed by atoms with Crippen molar-refractivity contribution in [2.24, 2.45) is 0 Å². The van der Waals surface area contributed by atoms with E-state index in [4.69, 9.17) is 4.74 Å². The second-order valence-corrected chi connectivity index (χ2v) is 8.22. The molecule has 154 valence electrons. The quantitative estimate of drug-likeness (QED) is 0.398. The van der Waals surface area contributed by atoms with Gasteiger partial charge in [0.15, 0.2) is 23.1 Å². The molecular weight excluding hydrogens is 373 g/mol. The zero-order chi connectivity index (χ0) is 20.5. The molecule has 4 heteroatoms. The number of rotatable bonds is 5. The summed E-state index contributed by atoms with van der Waals surface area (Å²) in [5.41, 5.74) is 3.66. The Balaban J connectivity index is 1.67. The van der Waals surface area contributed by atoms with E-state index in [1.165, 1.54) is 5.57 Å². The SMILES string of the molecule is CCCC1=CCC(c2cc3c(c(F)c2F)Oc2c(ccc(CCC)c2F)C3)CC1. The molecule has 4 rings (SSSR count). The van der Waals surface area contributed by atoms with Crippen LogP contribution in [0.4, 0.5) is 13.2 Å². The summed E-state index contributed by atoms with van der Waals surface area (Å²) in [7, 11) is 0. The Bertz CT molecular complexity index is 961. The fourth-order valence-corrected chi connectivity index (χ4v) is 4.60. The van der Waals surface area contributed by atoms with Crippen LogP contribution in [0.3, 0.4) is 0 Å². The lowest BCUT2D eigenvalue weighted by molar-refractivity contribution is 0.374. The van der Waals surface area contributed by atoms with Crippen LogP contribution in [-0.2, 0) is 12.8 Å². The van der Waals surface area contributed by atoms with E-state index < -0.39 is 17.5 Å². The van der Waals surface area contributed by atoms with E-state index in [9.17, 15) is 13.2 Å². The number of halogens is 3. The molecular formula is C25H27F3O. The zero-order valence-corrected chi connectivity index (χ0v) is 17.1. The topological polar surface area (TPSA) is 9.23 Å². The first kappa shape index (κ1) is 20.1. The third kappa shape index (κ3) is 3.70. The number of allylic oxidation sites excluding steroid dienone is 2. The maximum Gasteiger partial charge on any atom is 0.201 e. The van der Waals surface area contributed by atoms with Crippen molar-refractivity contribution in [3.63, 3.8) is 0 Å². The molecule has 0 bridgehead atoms. The lowest BCUT2D eigenvalue weighted by atomic mass is 9.82. The molecule has 0 fully saturated rings. The number of fused-ring (bicyclic) bond motifs is 2. The van der Waals surface area contributed by atoms with Crippen LogP contribution in [0.2, 0.25) is 0 Å². The predicted molar refractivity (Wildman–Crippen MR) is 109 cm³/mol. The molecule has 0 amide bonds. The summed E-state index contributed by atoms with van der Waals surface area (Å²) in [5.74, 6) is -2.45. The number of aryl methyl sites for hydroxylation is 1. The molecule has 0 radical (unpaired) electrons. The summed E-state index contributed by atoms with van der Waals surface area (Å²) in [6, 6.07) is 5.35. The molecule has 0 spiro atoms. The third-order valence-corrected chi connectivity index (χ3v) is 6.15. The Labute approximate surface area is 170 Å². The minimum atomic E-state index is -0.994. The van der Waals surface area contributed by atoms with Crippen molar-refractivity contribution in [2.75, 3.05) is 0 Å². The van der Waals surface area contributed by atoms with Crippen LogP contribution in [0.1, 0.15) is 80.5 Å². The van der Waals surface area contributed by atoms with Gasteiger partial charge >= 0.3 is 0 Å². The Morgan fingerprint density at radius 2 is 1.69 bits per heavy atom. The van der Waals surface area contributed by atoms with Gasteiger partial charge in [-0.2, -0.15) is 4.39 Å². The minimum Gasteiger partial charge on any atom is -0.450 e. The van der Waals surface area contributed by atoms with Crippen molar-refractivity contribution in [1.29, 1.82) is 0 Å². The van der Waals surface area contributed by atoms with Crippen molar-refractivity contribution in [2.45, 2.75) is 71.1 Å². The molecule has 2 aromatic rings. The minimum absolute atomic E-state index is 0.0273. The van der Waals surface area contributed by atoms with Gasteiger partial charge in [-0.15, -0.1) is 0 Å². The van der Waals surface area contributed by atoms with Crippen LogP contribution >= 0.6 is 0 Å². The maximum absolute atomic E-state index is 14.9. The van der Waals surface area contributed by atoms with Crippen molar-refractivity contribution >= 4 is 0 Å². The van der Waals surface area contributed by atoms with Gasteiger partial charge in [-0.05, 0) is 55.2 Å². The van der Waals surface area contributed by atoms with E-state index in [1.807, 2.05) is 13.0 Å². The highest BCUT2D eigenvalue weighted by atomic mass is 19.2. The largest absolute Gasteiger partial charge is 0.450 e. The van der Waals surface area contributed by atoms with Gasteiger partial charge in [-0.3, -0.25) is 0 Å². The smallest absolute Gasteiger partial charge is 0.201 e. The molecule has 1 nitrogen and oxygen atoms in total. The van der Waals surface area contributed by atoms with Gasteiger partial charge in [-0.25, -0.2) is 8.78 Å². The van der Waals surface area contributed by atoms with Gasteiger partial charge in [0.1, 0.15) is 0 Å². The van der Waals surface area contributed by atoms with Crippen molar-refractivity contribution in [3.8, 4) is 11.5 Å². The number of ether oxygens (including phenoxy) is 1. The van der Waals surface area contributed by atoms with E-state index in [2.05, 4.69) is 13.0 Å². The Morgan fingerprint density at radius 3 is 2.38 bits per heavy atom. The molecule has 1 heterocycles. The molecule has 1 aliphatic heterocycles. The first-order valence-electron chi connectivity index (χ1n) is 10.7. The third-order valence-electron chi connectivity index (χ3n) is 6.15. The summed E-state index contributed by atoms with van der Waals surface area (Å²) >= 11 is 0. The van der Waals surface area contributed by atoms with Gasteiger partial charge in [0.2, 0.25) is 5.82 Å². The first-order chi connectivity index (χ1) is 14.0. The maximum atomic E-state index is 14.9. The van der Waals surface area contributed by atoms with Gasteiger partial charge < -0.3 is 4.74 Å². The molecule has 2 aromatic carbocycles. The molecule has 29 heavy (non-hydrogen) atoms. The first-order valence-corrected chi connectivity index (χ1v) is 10.7. The summed E-state index contributed by atoms with van der Waals surface area (Å²) in [6.45, 7) is 4.12. The Morgan fingerprint density at radius 1 is 0.931 bits per heavy atom. The highest BCUT2D eigenvalue weighted by molar-refractivity contribution is 5.54. The summed E-state index contributed by atoms with van der Waals surface area (Å²) in [6.07, 6.45) is 8.59. The molecule has 1 aliphatic carbocycles. The second-order valence-electron chi connectivity index (χ2n) is 8.22. The normalized spacial score (nSPS) is 18.0. The molecule has 1 unspecified atom stereocenters. The fraction of sp³-hybridized carbons (Fsp3) is 0.440. The lowest BCUT2D eigenvalue weighted by Crippen LogP contribution is -2.13. The highest BCUT2D eigenvalue weighted by Crippen LogP contribution is 2.44. The average molecular weight is 400 g/mol. The monoisotopic (exact) mass is 400 g/mol. The van der Waals surface area contributed by atoms with Crippen LogP contribution in [0.15, 0.2) is 29.8 Å². The molecule has 0 saturated heterocycles. The van der Waals surface area contributed by atoms with Crippen LogP contribution in [0, 0.1) is 17.5 Å². The van der Waals surface area contributed by atoms with Crippen molar-refractivity contribution in [1.82, 2.24) is 0 Å². The van der Waals surface area contributed by atoms with E-state index in [-0.39, 0.29) is 17.4 Å². The van der Waals surface area contributed by atoms with Gasteiger partial charge in [0.25, 0.3) is 0 Å². The van der Waals surface area contributed by atoms with Gasteiger partial charge in [-0.1, -0.05) is 50.5 Å². The van der Waals surface area contributed by atoms with Crippen molar-refractivity contribution in [3.05, 3.63) is 69.6 Å². The van der Waals surface area contributed by atoms with Crippen molar-refractivity contribution < 1.29 is 17.9 Å². The summed E-state index contributed by atoms with van der Waals surface area (Å²) in [5, 5.41) is 0. The molecule has 0 aromatic heterocycles. The molecule has 0 N–H and O–H groups in total. The lowest BCUT2D eigenvalue weighted by Gasteiger charge is -2.27. The Kier molecular flexibility index (Phi) is 5.71. The van der Waals surface area contributed by atoms with Crippen LogP contribution in [-0.4, -0.2) is 0 Å². The van der Waals surface area contributed by atoms with E-state index in [0.29, 0.717) is 35.1 Å². The second kappa shape index (κ2) is 8.25. The Hall–Kier alpha value is -2.23. The number of hydrogen-bond acceptors (Lipinski definition) is 1. The molecule has 1 atom stereocenters. The summed E-state index contributed by atoms with van der Waals surface area (Å²) < 4.78 is 50.2. The molecule has 2 aliphatic rings. The number of benzene rings is 2. The number of hydrogen-bond donors (Lipinski definition) is 0. The zero-order valence-electron chi connectivity index (χ0n) is 17.1. The highest BCUT2D eigenvalue weighted by Gasteiger charge is 2.30. The molecule has 0 saturated carbocycles.